The van der Waals surface area contributed by atoms with Gasteiger partial charge >= 0.3 is 0 Å². The maximum absolute atomic E-state index is 4.09. The fourth-order valence-corrected chi connectivity index (χ4v) is 1.52. The topological polar surface area (TPSA) is 46.5 Å². The number of H-pyrrole nitrogens is 1. The predicted octanol–water partition coefficient (Wildman–Crippen LogP) is 1.55. The van der Waals surface area contributed by atoms with Crippen molar-refractivity contribution in [3.8, 4) is 5.69 Å². The van der Waals surface area contributed by atoms with Gasteiger partial charge in [0.2, 0.25) is 0 Å². The van der Waals surface area contributed by atoms with E-state index in [-0.39, 0.29) is 0 Å². The van der Waals surface area contributed by atoms with Crippen LogP contribution >= 0.6 is 0 Å². The van der Waals surface area contributed by atoms with Crippen LogP contribution in [0.15, 0.2) is 37.1 Å². The zero-order valence-corrected chi connectivity index (χ0v) is 7.31. The molecule has 0 atom stereocenters. The lowest BCUT2D eigenvalue weighted by Crippen LogP contribution is -1.94. The molecule has 1 N–H and O–H groups in total. The molecule has 4 nitrogen and oxygen atoms in total. The number of benzene rings is 1. The molecule has 0 aliphatic carbocycles. The average Bonchev–Trinajstić information content (AvgIpc) is 2.88. The first-order valence-electron chi connectivity index (χ1n) is 4.28. The molecule has 2 aromatic heterocycles. The van der Waals surface area contributed by atoms with Crippen molar-refractivity contribution in [2.24, 2.45) is 0 Å². The van der Waals surface area contributed by atoms with Gasteiger partial charge in [0.25, 0.3) is 0 Å². The minimum Gasteiger partial charge on any atom is -0.360 e. The Balaban J connectivity index is 2.36. The van der Waals surface area contributed by atoms with E-state index in [4.69, 9.17) is 0 Å². The maximum Gasteiger partial charge on any atom is 0.138 e. The van der Waals surface area contributed by atoms with E-state index in [0.717, 1.165) is 16.6 Å². The third-order valence-corrected chi connectivity index (χ3v) is 2.15. The molecule has 0 unspecified atom stereocenters. The van der Waals surface area contributed by atoms with Gasteiger partial charge < -0.3 is 4.98 Å². The van der Waals surface area contributed by atoms with E-state index < -0.39 is 0 Å². The van der Waals surface area contributed by atoms with E-state index >= 15 is 0 Å². The molecule has 0 aliphatic rings. The van der Waals surface area contributed by atoms with Gasteiger partial charge in [-0.05, 0) is 12.1 Å². The molecule has 67 valence electrons. The summed E-state index contributed by atoms with van der Waals surface area (Å²) < 4.78 is 1.73. The van der Waals surface area contributed by atoms with Crippen molar-refractivity contribution in [1.82, 2.24) is 19.7 Å². The third-order valence-electron chi connectivity index (χ3n) is 2.15. The highest BCUT2D eigenvalue weighted by atomic mass is 15.3. The van der Waals surface area contributed by atoms with E-state index in [9.17, 15) is 0 Å². The van der Waals surface area contributed by atoms with Crippen LogP contribution in [-0.4, -0.2) is 19.7 Å². The Morgan fingerprint density at radius 3 is 3.21 bits per heavy atom. The zero-order chi connectivity index (χ0) is 9.38. The number of aromatic amines is 1. The fraction of sp³-hybridized carbons (Fsp3) is 0. The van der Waals surface area contributed by atoms with Gasteiger partial charge in [0.05, 0.1) is 5.69 Å². The summed E-state index contributed by atoms with van der Waals surface area (Å²) in [4.78, 5) is 7.02. The molecule has 14 heavy (non-hydrogen) atoms. The van der Waals surface area contributed by atoms with Crippen molar-refractivity contribution in [3.05, 3.63) is 43.1 Å². The molecule has 4 heteroatoms. The number of rotatable bonds is 1. The summed E-state index contributed by atoms with van der Waals surface area (Å²) in [6.07, 6.45) is 4.99. The summed E-state index contributed by atoms with van der Waals surface area (Å²) in [5.41, 5.74) is 2.04. The van der Waals surface area contributed by atoms with E-state index in [2.05, 4.69) is 21.1 Å². The summed E-state index contributed by atoms with van der Waals surface area (Å²) in [5.74, 6) is 0. The first-order valence-corrected chi connectivity index (χ1v) is 4.28. The highest BCUT2D eigenvalue weighted by Gasteiger charge is 2.03. The summed E-state index contributed by atoms with van der Waals surface area (Å²) in [6.45, 7) is 0. The second kappa shape index (κ2) is 2.70. The summed E-state index contributed by atoms with van der Waals surface area (Å²) in [6, 6.07) is 9.10. The van der Waals surface area contributed by atoms with Gasteiger partial charge in [-0.15, -0.1) is 0 Å². The van der Waals surface area contributed by atoms with Crippen molar-refractivity contribution in [3.63, 3.8) is 0 Å². The first-order chi connectivity index (χ1) is 6.95. The lowest BCUT2D eigenvalue weighted by Gasteiger charge is -2.00. The highest BCUT2D eigenvalue weighted by molar-refractivity contribution is 5.86. The lowest BCUT2D eigenvalue weighted by molar-refractivity contribution is 0.886. The van der Waals surface area contributed by atoms with Gasteiger partial charge in [-0.1, -0.05) is 6.07 Å². The van der Waals surface area contributed by atoms with Crippen molar-refractivity contribution in [2.75, 3.05) is 0 Å². The van der Waals surface area contributed by atoms with Crippen LogP contribution in [0, 0.1) is 6.07 Å². The lowest BCUT2D eigenvalue weighted by atomic mass is 10.2. The number of hydrogen-bond donors (Lipinski definition) is 1. The fourth-order valence-electron chi connectivity index (χ4n) is 1.52. The molecule has 0 fully saturated rings. The number of hydrogen-bond acceptors (Lipinski definition) is 2. The number of aromatic nitrogens is 4. The molecule has 3 aromatic rings. The van der Waals surface area contributed by atoms with Crippen LogP contribution in [0.2, 0.25) is 0 Å². The van der Waals surface area contributed by atoms with Crippen LogP contribution in [0.5, 0.6) is 0 Å². The van der Waals surface area contributed by atoms with E-state index in [0.29, 0.717) is 0 Å². The van der Waals surface area contributed by atoms with Gasteiger partial charge in [-0.25, -0.2) is 9.67 Å². The maximum atomic E-state index is 4.09. The quantitative estimate of drug-likeness (QED) is 0.622. The number of fused-ring (bicyclic) bond motifs is 1. The molecular weight excluding hydrogens is 176 g/mol. The molecule has 0 amide bonds. The van der Waals surface area contributed by atoms with Crippen LogP contribution < -0.4 is 0 Å². The number of nitrogens with zero attached hydrogens (tertiary/aromatic N) is 3. The van der Waals surface area contributed by atoms with Crippen molar-refractivity contribution in [2.45, 2.75) is 0 Å². The average molecular weight is 183 g/mol. The largest absolute Gasteiger partial charge is 0.360 e. The first kappa shape index (κ1) is 7.32. The van der Waals surface area contributed by atoms with E-state index in [1.807, 2.05) is 18.2 Å². The van der Waals surface area contributed by atoms with Gasteiger partial charge in [0.1, 0.15) is 12.7 Å². The molecule has 1 aromatic carbocycles. The van der Waals surface area contributed by atoms with Crippen LogP contribution in [0.1, 0.15) is 0 Å². The molecule has 3 rings (SSSR count). The van der Waals surface area contributed by atoms with Crippen molar-refractivity contribution in [1.29, 1.82) is 0 Å². The third kappa shape index (κ3) is 0.939. The molecular formula is C10H7N4. The molecule has 0 saturated carbocycles. The van der Waals surface area contributed by atoms with Crippen molar-refractivity contribution < 1.29 is 0 Å². The second-order valence-electron chi connectivity index (χ2n) is 2.97. The Bertz CT molecular complexity index is 550. The van der Waals surface area contributed by atoms with E-state index in [1.165, 1.54) is 6.33 Å². The van der Waals surface area contributed by atoms with Gasteiger partial charge in [0.15, 0.2) is 0 Å². The zero-order valence-electron chi connectivity index (χ0n) is 7.31. The van der Waals surface area contributed by atoms with E-state index in [1.54, 1.807) is 17.2 Å². The van der Waals surface area contributed by atoms with Crippen LogP contribution in [0.4, 0.5) is 0 Å². The molecule has 2 heterocycles. The Morgan fingerprint density at radius 2 is 2.36 bits per heavy atom. The molecule has 0 spiro atoms. The number of nitrogens with one attached hydrogen (secondary N) is 1. The SMILES string of the molecule is [c]1c[nH]c2cccc(-n3cncn3)c12. The monoisotopic (exact) mass is 183 g/mol. The Morgan fingerprint density at radius 1 is 1.36 bits per heavy atom. The Labute approximate surface area is 80.2 Å². The smallest absolute Gasteiger partial charge is 0.138 e. The summed E-state index contributed by atoms with van der Waals surface area (Å²) in [7, 11) is 0. The molecule has 0 aliphatic heterocycles. The van der Waals surface area contributed by atoms with Crippen LogP contribution in [0.25, 0.3) is 16.6 Å². The molecule has 0 bridgehead atoms. The highest BCUT2D eigenvalue weighted by Crippen LogP contribution is 2.19. The van der Waals surface area contributed by atoms with Crippen LogP contribution in [0.3, 0.4) is 0 Å². The molecule has 0 saturated heterocycles. The van der Waals surface area contributed by atoms with Gasteiger partial charge in [0, 0.05) is 23.2 Å². The summed E-state index contributed by atoms with van der Waals surface area (Å²) in [5, 5.41) is 5.11. The minimum atomic E-state index is 0.987. The Kier molecular flexibility index (Phi) is 1.41. The van der Waals surface area contributed by atoms with Crippen molar-refractivity contribution >= 4 is 10.9 Å². The standard InChI is InChI=1S/C10H7N4/c1-2-9-8(4-5-12-9)10(3-1)14-7-11-6-13-14/h1-3,5-7,12H. The Hall–Kier alpha value is -2.10. The van der Waals surface area contributed by atoms with Crippen LogP contribution in [-0.2, 0) is 0 Å². The van der Waals surface area contributed by atoms with Gasteiger partial charge in [-0.3, -0.25) is 0 Å². The normalized spacial score (nSPS) is 10.9. The van der Waals surface area contributed by atoms with Gasteiger partial charge in [-0.2, -0.15) is 5.10 Å². The second-order valence-corrected chi connectivity index (χ2v) is 2.97. The molecule has 1 radical (unpaired) electrons. The minimum absolute atomic E-state index is 0.987. The predicted molar refractivity (Wildman–Crippen MR) is 52.1 cm³/mol. The summed E-state index contributed by atoms with van der Waals surface area (Å²) >= 11 is 0.